The van der Waals surface area contributed by atoms with Crippen LogP contribution in [0.4, 0.5) is 0 Å². The summed E-state index contributed by atoms with van der Waals surface area (Å²) in [6.45, 7) is 4.74. The molecule has 0 heterocycles. The SMILES string of the molecule is CCc1c(C(C)CN)cc(Cl)c(OC)c1OC. The minimum atomic E-state index is 0.252. The van der Waals surface area contributed by atoms with Crippen LogP contribution in [0, 0.1) is 0 Å². The topological polar surface area (TPSA) is 44.5 Å². The molecule has 0 fully saturated rings. The van der Waals surface area contributed by atoms with Gasteiger partial charge in [-0.1, -0.05) is 25.4 Å². The van der Waals surface area contributed by atoms with Gasteiger partial charge in [0, 0.05) is 5.56 Å². The van der Waals surface area contributed by atoms with Crippen molar-refractivity contribution in [2.75, 3.05) is 20.8 Å². The third-order valence-electron chi connectivity index (χ3n) is 2.97. The molecule has 0 amide bonds. The van der Waals surface area contributed by atoms with Crippen molar-refractivity contribution in [1.29, 1.82) is 0 Å². The summed E-state index contributed by atoms with van der Waals surface area (Å²) in [5.41, 5.74) is 7.98. The number of nitrogens with two attached hydrogens (primary N) is 1. The molecule has 1 aromatic rings. The van der Waals surface area contributed by atoms with Crippen LogP contribution in [-0.4, -0.2) is 20.8 Å². The Hall–Kier alpha value is -0.930. The first-order valence-corrected chi connectivity index (χ1v) is 6.11. The van der Waals surface area contributed by atoms with Crippen LogP contribution in [0.3, 0.4) is 0 Å². The number of hydrogen-bond donors (Lipinski definition) is 1. The summed E-state index contributed by atoms with van der Waals surface area (Å²) in [4.78, 5) is 0. The Bertz CT molecular complexity index is 393. The van der Waals surface area contributed by atoms with Crippen molar-refractivity contribution in [3.63, 3.8) is 0 Å². The van der Waals surface area contributed by atoms with E-state index in [1.807, 2.05) is 6.07 Å². The summed E-state index contributed by atoms with van der Waals surface area (Å²) < 4.78 is 10.7. The van der Waals surface area contributed by atoms with Crippen molar-refractivity contribution in [3.05, 3.63) is 22.2 Å². The van der Waals surface area contributed by atoms with Crippen LogP contribution in [0.1, 0.15) is 30.9 Å². The Morgan fingerprint density at radius 2 is 1.88 bits per heavy atom. The lowest BCUT2D eigenvalue weighted by molar-refractivity contribution is 0.351. The molecule has 0 saturated carbocycles. The molecular weight excluding hydrogens is 238 g/mol. The Labute approximate surface area is 108 Å². The maximum Gasteiger partial charge on any atom is 0.179 e. The fourth-order valence-corrected chi connectivity index (χ4v) is 2.28. The number of benzene rings is 1. The Morgan fingerprint density at radius 1 is 1.29 bits per heavy atom. The van der Waals surface area contributed by atoms with E-state index in [2.05, 4.69) is 13.8 Å². The maximum absolute atomic E-state index is 6.20. The zero-order valence-electron chi connectivity index (χ0n) is 10.8. The molecule has 0 saturated heterocycles. The van der Waals surface area contributed by atoms with E-state index in [-0.39, 0.29) is 5.92 Å². The van der Waals surface area contributed by atoms with Gasteiger partial charge in [0.1, 0.15) is 0 Å². The summed E-state index contributed by atoms with van der Waals surface area (Å²) in [6, 6.07) is 1.93. The molecule has 0 aliphatic rings. The summed E-state index contributed by atoms with van der Waals surface area (Å²) in [5.74, 6) is 1.57. The van der Waals surface area contributed by atoms with E-state index in [1.54, 1.807) is 14.2 Å². The highest BCUT2D eigenvalue weighted by Crippen LogP contribution is 2.42. The van der Waals surface area contributed by atoms with Gasteiger partial charge in [0.05, 0.1) is 19.2 Å². The largest absolute Gasteiger partial charge is 0.493 e. The lowest BCUT2D eigenvalue weighted by Gasteiger charge is -2.20. The maximum atomic E-state index is 6.20. The van der Waals surface area contributed by atoms with Gasteiger partial charge in [-0.3, -0.25) is 0 Å². The van der Waals surface area contributed by atoms with Gasteiger partial charge < -0.3 is 15.2 Å². The standard InChI is InChI=1S/C13H20ClNO2/c1-5-9-10(8(2)7-15)6-11(14)13(17-4)12(9)16-3/h6,8H,5,7,15H2,1-4H3. The first-order valence-electron chi connectivity index (χ1n) is 5.73. The van der Waals surface area contributed by atoms with Crippen molar-refractivity contribution in [3.8, 4) is 11.5 Å². The molecule has 0 spiro atoms. The number of halogens is 1. The lowest BCUT2D eigenvalue weighted by atomic mass is 9.93. The fourth-order valence-electron chi connectivity index (χ4n) is 2.00. The van der Waals surface area contributed by atoms with Gasteiger partial charge >= 0.3 is 0 Å². The second-order valence-electron chi connectivity index (χ2n) is 3.98. The number of methoxy groups -OCH3 is 2. The van der Waals surface area contributed by atoms with Gasteiger partial charge in [-0.25, -0.2) is 0 Å². The molecule has 1 rings (SSSR count). The molecule has 1 atom stereocenters. The van der Waals surface area contributed by atoms with Crippen molar-refractivity contribution in [2.45, 2.75) is 26.2 Å². The zero-order valence-corrected chi connectivity index (χ0v) is 11.6. The minimum Gasteiger partial charge on any atom is -0.493 e. The molecule has 0 aliphatic carbocycles. The molecule has 0 aliphatic heterocycles. The number of hydrogen-bond acceptors (Lipinski definition) is 3. The number of ether oxygens (including phenoxy) is 2. The summed E-state index contributed by atoms with van der Waals surface area (Å²) in [7, 11) is 3.22. The Morgan fingerprint density at radius 3 is 2.29 bits per heavy atom. The second-order valence-corrected chi connectivity index (χ2v) is 4.39. The summed E-state index contributed by atoms with van der Waals surface area (Å²) in [6.07, 6.45) is 0.858. The van der Waals surface area contributed by atoms with E-state index in [4.69, 9.17) is 26.8 Å². The molecule has 1 unspecified atom stereocenters. The smallest absolute Gasteiger partial charge is 0.179 e. The third kappa shape index (κ3) is 2.67. The van der Waals surface area contributed by atoms with Crippen molar-refractivity contribution in [1.82, 2.24) is 0 Å². The van der Waals surface area contributed by atoms with Crippen molar-refractivity contribution < 1.29 is 9.47 Å². The molecule has 0 aromatic heterocycles. The van der Waals surface area contributed by atoms with E-state index in [9.17, 15) is 0 Å². The molecule has 3 nitrogen and oxygen atoms in total. The molecule has 1 aromatic carbocycles. The van der Waals surface area contributed by atoms with Crippen LogP contribution in [-0.2, 0) is 6.42 Å². The second kappa shape index (κ2) is 6.12. The fraction of sp³-hybridized carbons (Fsp3) is 0.538. The van der Waals surface area contributed by atoms with Gasteiger partial charge in [-0.15, -0.1) is 0 Å². The van der Waals surface area contributed by atoms with Gasteiger partial charge in [0.25, 0.3) is 0 Å². The lowest BCUT2D eigenvalue weighted by Crippen LogP contribution is -2.12. The average Bonchev–Trinajstić information content (AvgIpc) is 2.36. The van der Waals surface area contributed by atoms with E-state index in [0.717, 1.165) is 23.3 Å². The predicted molar refractivity (Wildman–Crippen MR) is 71.4 cm³/mol. The van der Waals surface area contributed by atoms with E-state index >= 15 is 0 Å². The van der Waals surface area contributed by atoms with Gasteiger partial charge in [-0.05, 0) is 30.5 Å². The molecule has 2 N–H and O–H groups in total. The minimum absolute atomic E-state index is 0.252. The molecular formula is C13H20ClNO2. The Balaban J connectivity index is 3.47. The van der Waals surface area contributed by atoms with Gasteiger partial charge in [0.2, 0.25) is 0 Å². The van der Waals surface area contributed by atoms with Crippen LogP contribution >= 0.6 is 11.6 Å². The highest BCUT2D eigenvalue weighted by atomic mass is 35.5. The van der Waals surface area contributed by atoms with E-state index in [0.29, 0.717) is 17.3 Å². The predicted octanol–water partition coefficient (Wildman–Crippen LogP) is 2.98. The summed E-state index contributed by atoms with van der Waals surface area (Å²) >= 11 is 6.20. The quantitative estimate of drug-likeness (QED) is 0.882. The molecule has 4 heteroatoms. The highest BCUT2D eigenvalue weighted by Gasteiger charge is 2.20. The zero-order chi connectivity index (χ0) is 13.0. The molecule has 96 valence electrons. The number of rotatable bonds is 5. The van der Waals surface area contributed by atoms with Crippen molar-refractivity contribution >= 4 is 11.6 Å². The van der Waals surface area contributed by atoms with Gasteiger partial charge in [0.15, 0.2) is 11.5 Å². The molecule has 0 radical (unpaired) electrons. The van der Waals surface area contributed by atoms with Crippen LogP contribution in [0.5, 0.6) is 11.5 Å². The first kappa shape index (κ1) is 14.1. The van der Waals surface area contributed by atoms with Crippen molar-refractivity contribution in [2.24, 2.45) is 5.73 Å². The summed E-state index contributed by atoms with van der Waals surface area (Å²) in [5, 5.41) is 0.567. The van der Waals surface area contributed by atoms with Crippen LogP contribution in [0.25, 0.3) is 0 Å². The van der Waals surface area contributed by atoms with Gasteiger partial charge in [-0.2, -0.15) is 0 Å². The van der Waals surface area contributed by atoms with Crippen LogP contribution in [0.2, 0.25) is 5.02 Å². The monoisotopic (exact) mass is 257 g/mol. The molecule has 17 heavy (non-hydrogen) atoms. The van der Waals surface area contributed by atoms with E-state index in [1.165, 1.54) is 0 Å². The normalized spacial score (nSPS) is 12.4. The van der Waals surface area contributed by atoms with Crippen LogP contribution < -0.4 is 15.2 Å². The molecule has 0 bridgehead atoms. The Kier molecular flexibility index (Phi) is 5.09. The third-order valence-corrected chi connectivity index (χ3v) is 3.25. The van der Waals surface area contributed by atoms with E-state index < -0.39 is 0 Å². The average molecular weight is 258 g/mol. The first-order chi connectivity index (χ1) is 8.10. The van der Waals surface area contributed by atoms with Crippen LogP contribution in [0.15, 0.2) is 6.07 Å². The highest BCUT2D eigenvalue weighted by molar-refractivity contribution is 6.32.